The Morgan fingerprint density at radius 1 is 1.21 bits per heavy atom. The first-order chi connectivity index (χ1) is 9.08. The van der Waals surface area contributed by atoms with Crippen molar-refractivity contribution in [3.63, 3.8) is 0 Å². The molecule has 1 N–H and O–H groups in total. The molecule has 0 spiro atoms. The van der Waals surface area contributed by atoms with Gasteiger partial charge in [-0.2, -0.15) is 0 Å². The fourth-order valence-electron chi connectivity index (χ4n) is 1.97. The number of benzene rings is 1. The van der Waals surface area contributed by atoms with Crippen LogP contribution < -0.4 is 0 Å². The van der Waals surface area contributed by atoms with Gasteiger partial charge in [0, 0.05) is 31.8 Å². The van der Waals surface area contributed by atoms with Crippen molar-refractivity contribution in [2.75, 3.05) is 33.8 Å². The molecule has 0 aliphatic carbocycles. The largest absolute Gasteiger partial charge is 0.396 e. The third-order valence-electron chi connectivity index (χ3n) is 2.95. The van der Waals surface area contributed by atoms with Gasteiger partial charge >= 0.3 is 0 Å². The first-order valence-electron chi connectivity index (χ1n) is 6.72. The summed E-state index contributed by atoms with van der Waals surface area (Å²) < 4.78 is 0. The van der Waals surface area contributed by atoms with Crippen molar-refractivity contribution in [1.82, 2.24) is 9.80 Å². The maximum Gasteiger partial charge on any atom is 0.253 e. The predicted molar refractivity (Wildman–Crippen MR) is 77.1 cm³/mol. The smallest absolute Gasteiger partial charge is 0.253 e. The van der Waals surface area contributed by atoms with Crippen LogP contribution in [0.25, 0.3) is 0 Å². The summed E-state index contributed by atoms with van der Waals surface area (Å²) in [6.07, 6.45) is 0.623. The van der Waals surface area contributed by atoms with E-state index >= 15 is 0 Å². The average molecular weight is 264 g/mol. The molecule has 0 saturated heterocycles. The lowest BCUT2D eigenvalue weighted by molar-refractivity contribution is 0.0754. The molecule has 19 heavy (non-hydrogen) atoms. The van der Waals surface area contributed by atoms with Crippen molar-refractivity contribution < 1.29 is 9.90 Å². The van der Waals surface area contributed by atoms with Crippen LogP contribution >= 0.6 is 0 Å². The lowest BCUT2D eigenvalue weighted by Crippen LogP contribution is -2.32. The molecule has 0 atom stereocenters. The quantitative estimate of drug-likeness (QED) is 0.813. The number of amides is 1. The van der Waals surface area contributed by atoms with Crippen LogP contribution in [0.4, 0.5) is 0 Å². The summed E-state index contributed by atoms with van der Waals surface area (Å²) in [5.41, 5.74) is 1.90. The highest BCUT2D eigenvalue weighted by molar-refractivity contribution is 5.94. The number of rotatable bonds is 7. The van der Waals surface area contributed by atoms with Crippen molar-refractivity contribution in [1.29, 1.82) is 0 Å². The van der Waals surface area contributed by atoms with E-state index in [0.717, 1.165) is 6.54 Å². The Labute approximate surface area is 115 Å². The molecule has 0 aliphatic heterocycles. The highest BCUT2D eigenvalue weighted by atomic mass is 16.3. The Morgan fingerprint density at radius 2 is 1.84 bits per heavy atom. The normalized spacial score (nSPS) is 10.8. The van der Waals surface area contributed by atoms with E-state index in [1.54, 1.807) is 4.90 Å². The number of carbonyl (C=O) groups is 1. The molecule has 1 aromatic carbocycles. The van der Waals surface area contributed by atoms with Crippen LogP contribution in [-0.2, 0) is 6.54 Å². The standard InChI is InChI=1S/C15H24N2O2/c1-4-17(10-5-11-18)15(19)14-8-6-13(7-9-14)12-16(2)3/h6-9,18H,4-5,10-12H2,1-3H3. The molecular weight excluding hydrogens is 240 g/mol. The molecule has 1 amide bonds. The second kappa shape index (κ2) is 7.92. The van der Waals surface area contributed by atoms with E-state index in [1.807, 2.05) is 45.3 Å². The van der Waals surface area contributed by atoms with Gasteiger partial charge in [-0.3, -0.25) is 4.79 Å². The molecule has 0 bridgehead atoms. The number of carbonyl (C=O) groups excluding carboxylic acids is 1. The van der Waals surface area contributed by atoms with E-state index in [0.29, 0.717) is 25.1 Å². The number of hydrogen-bond acceptors (Lipinski definition) is 3. The molecule has 0 aromatic heterocycles. The lowest BCUT2D eigenvalue weighted by atomic mass is 10.1. The molecule has 0 fully saturated rings. The number of aliphatic hydroxyl groups excluding tert-OH is 1. The Hall–Kier alpha value is -1.39. The fourth-order valence-corrected chi connectivity index (χ4v) is 1.97. The molecule has 0 radical (unpaired) electrons. The molecule has 0 aliphatic rings. The van der Waals surface area contributed by atoms with Gasteiger partial charge in [-0.25, -0.2) is 0 Å². The molecule has 4 heteroatoms. The fraction of sp³-hybridized carbons (Fsp3) is 0.533. The van der Waals surface area contributed by atoms with Gasteiger partial charge in [0.2, 0.25) is 0 Å². The summed E-state index contributed by atoms with van der Waals surface area (Å²) in [6.45, 7) is 4.21. The Kier molecular flexibility index (Phi) is 6.53. The Balaban J connectivity index is 2.70. The minimum Gasteiger partial charge on any atom is -0.396 e. The Bertz CT molecular complexity index is 388. The first-order valence-corrected chi connectivity index (χ1v) is 6.72. The van der Waals surface area contributed by atoms with Crippen LogP contribution in [0.2, 0.25) is 0 Å². The van der Waals surface area contributed by atoms with E-state index in [2.05, 4.69) is 4.90 Å². The topological polar surface area (TPSA) is 43.8 Å². The van der Waals surface area contributed by atoms with Crippen LogP contribution in [-0.4, -0.2) is 54.6 Å². The van der Waals surface area contributed by atoms with Gasteiger partial charge in [0.05, 0.1) is 0 Å². The van der Waals surface area contributed by atoms with Crippen molar-refractivity contribution >= 4 is 5.91 Å². The maximum absolute atomic E-state index is 12.2. The minimum absolute atomic E-state index is 0.0346. The molecule has 106 valence electrons. The summed E-state index contributed by atoms with van der Waals surface area (Å²) in [5, 5.41) is 8.84. The first kappa shape index (κ1) is 15.7. The summed E-state index contributed by atoms with van der Waals surface area (Å²) >= 11 is 0. The van der Waals surface area contributed by atoms with E-state index in [4.69, 9.17) is 5.11 Å². The van der Waals surface area contributed by atoms with E-state index < -0.39 is 0 Å². The number of hydrogen-bond donors (Lipinski definition) is 1. The monoisotopic (exact) mass is 264 g/mol. The van der Waals surface area contributed by atoms with Crippen molar-refractivity contribution in [3.8, 4) is 0 Å². The summed E-state index contributed by atoms with van der Waals surface area (Å²) in [5.74, 6) is 0.0346. The van der Waals surface area contributed by atoms with Crippen molar-refractivity contribution in [2.24, 2.45) is 0 Å². The second-order valence-corrected chi connectivity index (χ2v) is 4.90. The van der Waals surface area contributed by atoms with Crippen molar-refractivity contribution in [2.45, 2.75) is 19.9 Å². The zero-order chi connectivity index (χ0) is 14.3. The van der Waals surface area contributed by atoms with E-state index in [9.17, 15) is 4.79 Å². The number of nitrogens with zero attached hydrogens (tertiary/aromatic N) is 2. The molecule has 0 unspecified atom stereocenters. The van der Waals surface area contributed by atoms with Gasteiger partial charge in [-0.15, -0.1) is 0 Å². The molecule has 1 rings (SSSR count). The van der Waals surface area contributed by atoms with Gasteiger partial charge in [0.1, 0.15) is 0 Å². The second-order valence-electron chi connectivity index (χ2n) is 4.90. The molecule has 0 heterocycles. The summed E-state index contributed by atoms with van der Waals surface area (Å²) in [6, 6.07) is 7.74. The average Bonchev–Trinajstić information content (AvgIpc) is 2.39. The summed E-state index contributed by atoms with van der Waals surface area (Å²) in [7, 11) is 4.04. The molecule has 1 aromatic rings. The van der Waals surface area contributed by atoms with Gasteiger partial charge in [-0.05, 0) is 45.1 Å². The van der Waals surface area contributed by atoms with Gasteiger partial charge < -0.3 is 14.9 Å². The third-order valence-corrected chi connectivity index (χ3v) is 2.95. The van der Waals surface area contributed by atoms with Gasteiger partial charge in [-0.1, -0.05) is 12.1 Å². The molecule has 0 saturated carbocycles. The van der Waals surface area contributed by atoms with Crippen LogP contribution in [0.15, 0.2) is 24.3 Å². The lowest BCUT2D eigenvalue weighted by Gasteiger charge is -2.20. The summed E-state index contributed by atoms with van der Waals surface area (Å²) in [4.78, 5) is 16.1. The highest BCUT2D eigenvalue weighted by Gasteiger charge is 2.13. The maximum atomic E-state index is 12.2. The van der Waals surface area contributed by atoms with Crippen molar-refractivity contribution in [3.05, 3.63) is 35.4 Å². The van der Waals surface area contributed by atoms with Gasteiger partial charge in [0.15, 0.2) is 0 Å². The zero-order valence-electron chi connectivity index (χ0n) is 12.1. The third kappa shape index (κ3) is 5.01. The van der Waals surface area contributed by atoms with Crippen LogP contribution in [0.1, 0.15) is 29.3 Å². The van der Waals surface area contributed by atoms with Gasteiger partial charge in [0.25, 0.3) is 5.91 Å². The SMILES string of the molecule is CCN(CCCO)C(=O)c1ccc(CN(C)C)cc1. The van der Waals surface area contributed by atoms with Crippen LogP contribution in [0, 0.1) is 0 Å². The van der Waals surface area contributed by atoms with E-state index in [-0.39, 0.29) is 12.5 Å². The Morgan fingerprint density at radius 3 is 2.32 bits per heavy atom. The highest BCUT2D eigenvalue weighted by Crippen LogP contribution is 2.09. The molecular formula is C15H24N2O2. The predicted octanol–water partition coefficient (Wildman–Crippen LogP) is 1.59. The number of aliphatic hydroxyl groups is 1. The zero-order valence-corrected chi connectivity index (χ0v) is 12.1. The molecule has 4 nitrogen and oxygen atoms in total. The van der Waals surface area contributed by atoms with E-state index in [1.165, 1.54) is 5.56 Å². The minimum atomic E-state index is 0.0346. The van der Waals surface area contributed by atoms with Crippen LogP contribution in [0.3, 0.4) is 0 Å². The van der Waals surface area contributed by atoms with Crippen LogP contribution in [0.5, 0.6) is 0 Å².